The van der Waals surface area contributed by atoms with Crippen LogP contribution in [0, 0.1) is 23.7 Å². The first-order valence-corrected chi connectivity index (χ1v) is 6.11. The normalized spacial score (nSPS) is 12.1. The van der Waals surface area contributed by atoms with Crippen LogP contribution in [0.4, 0.5) is 0 Å². The van der Waals surface area contributed by atoms with E-state index in [0.717, 1.165) is 6.42 Å². The lowest BCUT2D eigenvalue weighted by Crippen LogP contribution is -1.94. The van der Waals surface area contributed by atoms with Gasteiger partial charge in [0.05, 0.1) is 0 Å². The van der Waals surface area contributed by atoms with E-state index >= 15 is 0 Å². The summed E-state index contributed by atoms with van der Waals surface area (Å²) < 4.78 is 0. The molecular weight excluding hydrogens is 220 g/mol. The maximum absolute atomic E-state index is 9.02. The number of aliphatic hydroxyl groups excluding tert-OH is 1. The summed E-state index contributed by atoms with van der Waals surface area (Å²) >= 11 is 0. The van der Waals surface area contributed by atoms with Gasteiger partial charge in [-0.25, -0.2) is 0 Å². The number of rotatable bonds is 6. The molecule has 1 nitrogen and oxygen atoms in total. The van der Waals surface area contributed by atoms with E-state index in [-0.39, 0.29) is 0 Å². The lowest BCUT2D eigenvalue weighted by atomic mass is 10.2. The summed E-state index contributed by atoms with van der Waals surface area (Å²) in [6.45, 7) is 5.59. The van der Waals surface area contributed by atoms with Crippen molar-refractivity contribution in [2.75, 3.05) is 0 Å². The topological polar surface area (TPSA) is 20.2 Å². The third kappa shape index (κ3) is 12.1. The highest BCUT2D eigenvalue weighted by molar-refractivity contribution is 5.33. The molecule has 1 atom stereocenters. The minimum Gasteiger partial charge on any atom is -0.377 e. The molecule has 0 radical (unpaired) electrons. The van der Waals surface area contributed by atoms with Crippen molar-refractivity contribution >= 4 is 0 Å². The van der Waals surface area contributed by atoms with E-state index in [0.29, 0.717) is 0 Å². The Balaban J connectivity index is 3.86. The van der Waals surface area contributed by atoms with E-state index in [2.05, 4.69) is 43.3 Å². The molecule has 18 heavy (non-hydrogen) atoms. The van der Waals surface area contributed by atoms with E-state index in [1.807, 2.05) is 24.3 Å². The molecule has 1 unspecified atom stereocenters. The standard InChI is InChI=1S/C17H20O/c1-3-5-6-7-8-9-10-11-12-13-14-15-16-17(18)4-2/h4,7-12,17-18H,2-3,5-6H2,1H3/b8-7+,10-9+,12-11+. The highest BCUT2D eigenvalue weighted by Gasteiger charge is 1.83. The number of aliphatic hydroxyl groups is 1. The van der Waals surface area contributed by atoms with Crippen LogP contribution in [0.3, 0.4) is 0 Å². The zero-order valence-electron chi connectivity index (χ0n) is 10.9. The largest absolute Gasteiger partial charge is 0.377 e. The minimum absolute atomic E-state index is 0.795. The summed E-state index contributed by atoms with van der Waals surface area (Å²) in [6.07, 6.45) is 15.8. The maximum atomic E-state index is 9.02. The molecule has 0 fully saturated rings. The quantitative estimate of drug-likeness (QED) is 0.326. The van der Waals surface area contributed by atoms with Crippen molar-refractivity contribution in [1.29, 1.82) is 0 Å². The van der Waals surface area contributed by atoms with Gasteiger partial charge in [0, 0.05) is 0 Å². The smallest absolute Gasteiger partial charge is 0.134 e. The summed E-state index contributed by atoms with van der Waals surface area (Å²) in [5, 5.41) is 9.02. The van der Waals surface area contributed by atoms with Crippen LogP contribution in [0.5, 0.6) is 0 Å². The van der Waals surface area contributed by atoms with Crippen molar-refractivity contribution in [2.45, 2.75) is 32.3 Å². The molecule has 1 N–H and O–H groups in total. The van der Waals surface area contributed by atoms with E-state index in [4.69, 9.17) is 5.11 Å². The first-order valence-electron chi connectivity index (χ1n) is 6.11. The Hall–Kier alpha value is -1.96. The lowest BCUT2D eigenvalue weighted by molar-refractivity contribution is 0.281. The van der Waals surface area contributed by atoms with Gasteiger partial charge in [0.1, 0.15) is 6.10 Å². The Morgan fingerprint density at radius 1 is 1.17 bits per heavy atom. The fourth-order valence-corrected chi connectivity index (χ4v) is 0.975. The molecule has 0 amide bonds. The van der Waals surface area contributed by atoms with E-state index in [9.17, 15) is 0 Å². The first-order chi connectivity index (χ1) is 8.81. The third-order valence-electron chi connectivity index (χ3n) is 1.95. The molecule has 1 heteroatoms. The Bertz CT molecular complexity index is 416. The van der Waals surface area contributed by atoms with Crippen molar-refractivity contribution in [1.82, 2.24) is 0 Å². The molecule has 0 aliphatic carbocycles. The second-order valence-corrected chi connectivity index (χ2v) is 3.53. The van der Waals surface area contributed by atoms with Gasteiger partial charge in [-0.15, -0.1) is 0 Å². The zero-order valence-corrected chi connectivity index (χ0v) is 10.9. The van der Waals surface area contributed by atoms with Crippen LogP contribution in [0.1, 0.15) is 26.2 Å². The molecule has 0 aromatic carbocycles. The maximum Gasteiger partial charge on any atom is 0.134 e. The molecule has 0 aromatic heterocycles. The Labute approximate surface area is 111 Å². The van der Waals surface area contributed by atoms with Crippen molar-refractivity contribution in [3.8, 4) is 23.7 Å². The number of hydrogen-bond donors (Lipinski definition) is 1. The molecule has 0 saturated heterocycles. The van der Waals surface area contributed by atoms with Crippen molar-refractivity contribution in [3.63, 3.8) is 0 Å². The van der Waals surface area contributed by atoms with E-state index in [1.165, 1.54) is 18.9 Å². The van der Waals surface area contributed by atoms with E-state index in [1.54, 1.807) is 6.08 Å². The molecule has 0 bridgehead atoms. The molecule has 0 rings (SSSR count). The fraction of sp³-hybridized carbons (Fsp3) is 0.294. The number of allylic oxidation sites excluding steroid dienone is 6. The van der Waals surface area contributed by atoms with Crippen molar-refractivity contribution in [2.24, 2.45) is 0 Å². The molecule has 0 aromatic rings. The molecule has 0 spiro atoms. The second-order valence-electron chi connectivity index (χ2n) is 3.53. The zero-order chi connectivity index (χ0) is 13.5. The highest BCUT2D eigenvalue weighted by atomic mass is 16.3. The lowest BCUT2D eigenvalue weighted by Gasteiger charge is -1.86. The first kappa shape index (κ1) is 16.0. The highest BCUT2D eigenvalue weighted by Crippen LogP contribution is 1.94. The van der Waals surface area contributed by atoms with Gasteiger partial charge in [-0.05, 0) is 24.3 Å². The third-order valence-corrected chi connectivity index (χ3v) is 1.95. The molecule has 0 aliphatic rings. The SMILES string of the molecule is C=CC(O)C#CC#C/C=C/C=C/C=C/CCCC. The summed E-state index contributed by atoms with van der Waals surface area (Å²) in [7, 11) is 0. The molecule has 0 saturated carbocycles. The van der Waals surface area contributed by atoms with Crippen molar-refractivity contribution < 1.29 is 5.11 Å². The summed E-state index contributed by atoms with van der Waals surface area (Å²) in [5.74, 6) is 10.4. The Morgan fingerprint density at radius 3 is 2.67 bits per heavy atom. The fourth-order valence-electron chi connectivity index (χ4n) is 0.975. The van der Waals surface area contributed by atoms with Crippen LogP contribution in [-0.2, 0) is 0 Å². The Kier molecular flexibility index (Phi) is 11.7. The Morgan fingerprint density at radius 2 is 1.94 bits per heavy atom. The van der Waals surface area contributed by atoms with Crippen LogP contribution in [-0.4, -0.2) is 11.2 Å². The van der Waals surface area contributed by atoms with Gasteiger partial charge in [-0.2, -0.15) is 0 Å². The van der Waals surface area contributed by atoms with Crippen LogP contribution in [0.2, 0.25) is 0 Å². The summed E-state index contributed by atoms with van der Waals surface area (Å²) in [6, 6.07) is 0. The van der Waals surface area contributed by atoms with E-state index < -0.39 is 6.10 Å². The summed E-state index contributed by atoms with van der Waals surface area (Å²) in [4.78, 5) is 0. The average Bonchev–Trinajstić information content (AvgIpc) is 2.39. The molecular formula is C17H20O. The van der Waals surface area contributed by atoms with Crippen LogP contribution < -0.4 is 0 Å². The van der Waals surface area contributed by atoms with Gasteiger partial charge in [0.15, 0.2) is 0 Å². The second kappa shape index (κ2) is 13.1. The minimum atomic E-state index is -0.795. The predicted octanol–water partition coefficient (Wildman–Crippen LogP) is 3.40. The van der Waals surface area contributed by atoms with Gasteiger partial charge in [0.25, 0.3) is 0 Å². The van der Waals surface area contributed by atoms with Crippen LogP contribution in [0.15, 0.2) is 49.1 Å². The summed E-state index contributed by atoms with van der Waals surface area (Å²) in [5.41, 5.74) is 0. The van der Waals surface area contributed by atoms with Crippen molar-refractivity contribution in [3.05, 3.63) is 49.1 Å². The van der Waals surface area contributed by atoms with Crippen LogP contribution in [0.25, 0.3) is 0 Å². The van der Waals surface area contributed by atoms with Gasteiger partial charge in [-0.3, -0.25) is 0 Å². The molecule has 0 heterocycles. The predicted molar refractivity (Wildman–Crippen MR) is 78.7 cm³/mol. The van der Waals surface area contributed by atoms with Gasteiger partial charge in [-0.1, -0.05) is 74.6 Å². The van der Waals surface area contributed by atoms with Gasteiger partial charge >= 0.3 is 0 Å². The number of hydrogen-bond acceptors (Lipinski definition) is 1. The van der Waals surface area contributed by atoms with Crippen LogP contribution >= 0.6 is 0 Å². The monoisotopic (exact) mass is 240 g/mol. The average molecular weight is 240 g/mol. The molecule has 0 aliphatic heterocycles. The van der Waals surface area contributed by atoms with Gasteiger partial charge in [0.2, 0.25) is 0 Å². The van der Waals surface area contributed by atoms with Gasteiger partial charge < -0.3 is 5.11 Å². The molecule has 94 valence electrons. The number of unbranched alkanes of at least 4 members (excludes halogenated alkanes) is 2.